The van der Waals surface area contributed by atoms with Crippen LogP contribution in [-0.4, -0.2) is 10.9 Å². The summed E-state index contributed by atoms with van der Waals surface area (Å²) in [6.07, 6.45) is 40.0. The Morgan fingerprint density at radius 2 is 0.500 bits per heavy atom. The van der Waals surface area contributed by atoms with Gasteiger partial charge in [-0.1, -0.05) is 323 Å². The fourth-order valence-corrected chi connectivity index (χ4v) is 12.8. The first-order valence-corrected chi connectivity index (χ1v) is 41.7. The molecule has 4 unspecified atom stereocenters. The predicted octanol–water partition coefficient (Wildman–Crippen LogP) is 14.8. The Balaban J connectivity index is 0.000000181. The Morgan fingerprint density at radius 1 is 0.321 bits per heavy atom. The largest absolute Gasteiger partial charge is 1.00 e. The first-order valence-electron chi connectivity index (χ1n) is 29.3. The molecule has 0 aliphatic heterocycles. The standard InChI is InChI=1S/4C17H19.2C2H6Si.2ClH.2Zr/c4*1-13-11-15-9-5-6-10-16(17(15)12-13)14-7-3-2-4-8-14;2*1-3-2;;;;/h4*2-4,7-8,16H,5-6,9-10,12H2,1H3;2*1-2H3;2*1H;;/q4*-1;;;;;2*+2/p-2. The van der Waals surface area contributed by atoms with E-state index in [1.165, 1.54) is 170 Å². The van der Waals surface area contributed by atoms with E-state index < -0.39 is 0 Å². The minimum atomic E-state index is 0. The molecule has 0 fully saturated rings. The molecule has 0 N–H and O–H groups in total. The van der Waals surface area contributed by atoms with Gasteiger partial charge in [0.15, 0.2) is 0 Å². The Labute approximate surface area is 518 Å². The van der Waals surface area contributed by atoms with Gasteiger partial charge >= 0.3 is 83.7 Å². The second-order valence-corrected chi connectivity index (χ2v) is 41.9. The Kier molecular flexibility index (Phi) is 29.7. The number of hydrogen-bond donors (Lipinski definition) is 0. The van der Waals surface area contributed by atoms with E-state index in [2.05, 4.69) is 200 Å². The number of allylic oxidation sites excluding steroid dienone is 16. The first kappa shape index (κ1) is 66.4. The van der Waals surface area contributed by atoms with Gasteiger partial charge in [-0.05, 0) is 0 Å². The third-order valence-electron chi connectivity index (χ3n) is 16.0. The van der Waals surface area contributed by atoms with Gasteiger partial charge in [-0.15, -0.1) is 0 Å². The molecule has 0 heterocycles. The topological polar surface area (TPSA) is 0 Å². The van der Waals surface area contributed by atoms with Gasteiger partial charge in [0.05, 0.1) is 0 Å². The molecule has 0 radical (unpaired) electrons. The normalized spacial score (nSPS) is 21.9. The molecular weight excluding hydrogens is 1170 g/mol. The van der Waals surface area contributed by atoms with E-state index >= 15 is 0 Å². The number of benzene rings is 4. The maximum absolute atomic E-state index is 3.59. The molecule has 0 nitrogen and oxygen atoms in total. The van der Waals surface area contributed by atoms with Crippen molar-refractivity contribution in [1.82, 2.24) is 0 Å². The van der Waals surface area contributed by atoms with Crippen LogP contribution in [0, 0.1) is 24.3 Å². The van der Waals surface area contributed by atoms with Crippen LogP contribution in [0.4, 0.5) is 0 Å². The Morgan fingerprint density at radius 3 is 0.679 bits per heavy atom. The van der Waals surface area contributed by atoms with Crippen molar-refractivity contribution in [2.24, 2.45) is 0 Å². The maximum Gasteiger partial charge on any atom is -1.00 e. The van der Waals surface area contributed by atoms with Crippen LogP contribution in [0.5, 0.6) is 0 Å². The Hall–Kier alpha value is -2.42. The van der Waals surface area contributed by atoms with Crippen LogP contribution in [0.25, 0.3) is 0 Å². The summed E-state index contributed by atoms with van der Waals surface area (Å²) in [6, 6.07) is 44.1. The quantitative estimate of drug-likeness (QED) is 0.141. The molecule has 0 saturated heterocycles. The van der Waals surface area contributed by atoms with Gasteiger partial charge in [0.2, 0.25) is 0 Å². The third kappa shape index (κ3) is 20.5. The van der Waals surface area contributed by atoms with Crippen LogP contribution >= 0.6 is 0 Å². The van der Waals surface area contributed by atoms with Crippen molar-refractivity contribution in [1.29, 1.82) is 0 Å². The van der Waals surface area contributed by atoms with Gasteiger partial charge in [0.1, 0.15) is 0 Å². The zero-order valence-corrected chi connectivity index (χ0v) is 57.2. The molecule has 12 rings (SSSR count). The van der Waals surface area contributed by atoms with Crippen LogP contribution in [0.2, 0.25) is 26.2 Å². The minimum Gasteiger partial charge on any atom is -1.00 e. The predicted molar refractivity (Wildman–Crippen MR) is 322 cm³/mol. The van der Waals surface area contributed by atoms with Crippen LogP contribution in [-0.2, 0) is 46.7 Å². The minimum absolute atomic E-state index is 0. The van der Waals surface area contributed by atoms with Gasteiger partial charge in [-0.3, -0.25) is 0 Å². The van der Waals surface area contributed by atoms with Crippen molar-refractivity contribution < 1.29 is 71.5 Å². The second kappa shape index (κ2) is 34.9. The molecule has 4 aromatic rings. The molecule has 4 atom stereocenters. The van der Waals surface area contributed by atoms with Crippen LogP contribution < -0.4 is 24.8 Å². The van der Waals surface area contributed by atoms with Crippen molar-refractivity contribution in [3.63, 3.8) is 0 Å². The van der Waals surface area contributed by atoms with E-state index in [9.17, 15) is 0 Å². The summed E-state index contributed by atoms with van der Waals surface area (Å²) in [7, 11) is 0. The van der Waals surface area contributed by atoms with E-state index in [-0.39, 0.29) is 35.7 Å². The zero-order chi connectivity index (χ0) is 53.8. The van der Waals surface area contributed by atoms with Crippen molar-refractivity contribution in [3.05, 3.63) is 235 Å². The number of halogens is 2. The zero-order valence-electron chi connectivity index (χ0n) is 48.8. The molecule has 0 amide bonds. The van der Waals surface area contributed by atoms with E-state index in [0.29, 0.717) is 23.7 Å². The average Bonchev–Trinajstić information content (AvgIpc) is 4.03. The average molecular weight is 1260 g/mol. The summed E-state index contributed by atoms with van der Waals surface area (Å²) in [5.41, 5.74) is 24.9. The molecule has 0 aromatic heterocycles. The summed E-state index contributed by atoms with van der Waals surface area (Å²) < 4.78 is 0. The SMILES string of the molecule is CC1=[C-]C2=C(C1)C(c1ccccc1)CCCC2.CC1=[C-]C2=C(C1)C(c1ccccc1)CCCC2.CC1=[C-]C2=C(C1)C(c1ccccc1)CCCC2.CC1=[C-]C2=C(C1)C(c1ccccc1)CCCC2.C[Si](C)=[Zr+2].C[Si](C)=[Zr+2].[Cl-].[Cl-]. The number of hydrogen-bond acceptors (Lipinski definition) is 0. The smallest absolute Gasteiger partial charge is 1.00 e. The molecule has 6 heteroatoms. The van der Waals surface area contributed by atoms with Gasteiger partial charge in [-0.2, -0.15) is 22.3 Å². The van der Waals surface area contributed by atoms with Gasteiger partial charge < -0.3 is 24.8 Å². The van der Waals surface area contributed by atoms with E-state index in [1.807, 2.05) is 0 Å². The van der Waals surface area contributed by atoms with E-state index in [4.69, 9.17) is 0 Å². The molecule has 408 valence electrons. The van der Waals surface area contributed by atoms with E-state index in [1.54, 1.807) is 69.0 Å². The summed E-state index contributed by atoms with van der Waals surface area (Å²) in [6.45, 7) is 18.1. The molecule has 0 bridgehead atoms. The van der Waals surface area contributed by atoms with Gasteiger partial charge in [0.25, 0.3) is 0 Å². The van der Waals surface area contributed by atoms with Crippen LogP contribution in [0.1, 0.15) is 202 Å². The Bertz CT molecular complexity index is 2440. The molecule has 8 aliphatic rings. The summed E-state index contributed by atoms with van der Waals surface area (Å²) >= 11 is 3.48. The second-order valence-electron chi connectivity index (χ2n) is 23.2. The summed E-state index contributed by atoms with van der Waals surface area (Å²) in [5, 5.41) is 0. The van der Waals surface area contributed by atoms with Crippen molar-refractivity contribution >= 4 is 10.9 Å². The van der Waals surface area contributed by atoms with Gasteiger partial charge in [-0.25, -0.2) is 68.9 Å². The molecule has 78 heavy (non-hydrogen) atoms. The summed E-state index contributed by atoms with van der Waals surface area (Å²) in [5.74, 6) is 2.61. The van der Waals surface area contributed by atoms with Crippen LogP contribution in [0.15, 0.2) is 188 Å². The summed E-state index contributed by atoms with van der Waals surface area (Å²) in [4.78, 5) is 0. The van der Waals surface area contributed by atoms with Crippen molar-refractivity contribution in [2.75, 3.05) is 0 Å². The maximum atomic E-state index is 3.59. The molecule has 0 saturated carbocycles. The molecule has 0 spiro atoms. The third-order valence-corrected chi connectivity index (χ3v) is 16.0. The fourth-order valence-electron chi connectivity index (χ4n) is 12.8. The van der Waals surface area contributed by atoms with Crippen molar-refractivity contribution in [3.8, 4) is 0 Å². The molecule has 4 aromatic carbocycles. The van der Waals surface area contributed by atoms with Crippen molar-refractivity contribution in [2.45, 2.75) is 206 Å². The first-order chi connectivity index (χ1) is 36.8. The fraction of sp³-hybridized carbons (Fsp3) is 0.444. The molecular formula is C72H88Cl2Si2Zr2-2. The van der Waals surface area contributed by atoms with Gasteiger partial charge in [0, 0.05) is 0 Å². The molecule has 8 aliphatic carbocycles. The number of rotatable bonds is 4. The monoisotopic (exact) mass is 1260 g/mol. The van der Waals surface area contributed by atoms with Crippen LogP contribution in [0.3, 0.4) is 0 Å². The van der Waals surface area contributed by atoms with E-state index in [0.717, 1.165) is 25.7 Å².